The normalized spacial score (nSPS) is 12.5. The quantitative estimate of drug-likeness (QED) is 0.374. The molecule has 0 fully saturated rings. The fraction of sp³-hybridized carbons (Fsp3) is 0.286. The number of nitrogens with two attached hydrogens (primary N) is 1. The summed E-state index contributed by atoms with van der Waals surface area (Å²) >= 11 is 0. The Kier molecular flexibility index (Phi) is 4.77. The summed E-state index contributed by atoms with van der Waals surface area (Å²) in [5.41, 5.74) is 14.2. The maximum atomic E-state index is 6.91. The van der Waals surface area contributed by atoms with Crippen LogP contribution in [0.3, 0.4) is 0 Å². The second-order valence-electron chi connectivity index (χ2n) is 10.2. The van der Waals surface area contributed by atoms with Crippen LogP contribution < -0.4 is 5.73 Å². The largest absolute Gasteiger partial charge is 0.384 e. The van der Waals surface area contributed by atoms with Crippen LogP contribution in [0, 0.1) is 0 Å². The minimum absolute atomic E-state index is 0.0230. The molecule has 0 saturated heterocycles. The molecule has 2 N–H and O–H groups in total. The fourth-order valence-corrected chi connectivity index (χ4v) is 4.19. The molecule has 0 bridgehead atoms. The van der Waals surface area contributed by atoms with Gasteiger partial charge in [-0.25, -0.2) is 0 Å². The van der Waals surface area contributed by atoms with Crippen molar-refractivity contribution in [2.75, 3.05) is 5.73 Å². The molecule has 3 aromatic carbocycles. The molecule has 1 aromatic heterocycles. The van der Waals surface area contributed by atoms with Crippen molar-refractivity contribution in [2.45, 2.75) is 52.4 Å². The Labute approximate surface area is 180 Å². The third-order valence-electron chi connectivity index (χ3n) is 5.85. The summed E-state index contributed by atoms with van der Waals surface area (Å²) in [4.78, 5) is 0. The average Bonchev–Trinajstić information content (AvgIpc) is 2.98. The van der Waals surface area contributed by atoms with E-state index in [1.807, 2.05) is 6.07 Å². The molecule has 4 rings (SSSR count). The Morgan fingerprint density at radius 3 is 1.80 bits per heavy atom. The Morgan fingerprint density at radius 1 is 0.700 bits per heavy atom. The van der Waals surface area contributed by atoms with Crippen molar-refractivity contribution in [3.8, 4) is 16.8 Å². The summed E-state index contributed by atoms with van der Waals surface area (Å²) in [6.45, 7) is 13.7. The third kappa shape index (κ3) is 3.41. The van der Waals surface area contributed by atoms with Crippen LogP contribution in [0.4, 0.5) is 5.82 Å². The van der Waals surface area contributed by atoms with Gasteiger partial charge < -0.3 is 5.73 Å². The first kappa shape index (κ1) is 20.3. The minimum atomic E-state index is -0.0230. The van der Waals surface area contributed by atoms with Crippen molar-refractivity contribution < 1.29 is 0 Å². The predicted octanol–water partition coefficient (Wildman–Crippen LogP) is 7.47. The molecule has 1 heterocycles. The molecule has 30 heavy (non-hydrogen) atoms. The molecule has 0 aliphatic carbocycles. The number of aromatic nitrogens is 1. The average molecular weight is 397 g/mol. The number of para-hydroxylation sites is 1. The number of nitrogens with zero attached hydrogens (tertiary/aromatic N) is 1. The molecule has 0 spiro atoms. The molecular formula is C28H32N2. The maximum absolute atomic E-state index is 6.91. The second kappa shape index (κ2) is 7.05. The fourth-order valence-electron chi connectivity index (χ4n) is 4.19. The van der Waals surface area contributed by atoms with Gasteiger partial charge in [0.1, 0.15) is 5.82 Å². The number of benzene rings is 3. The van der Waals surface area contributed by atoms with E-state index >= 15 is 0 Å². The highest BCUT2D eigenvalue weighted by atomic mass is 15.1. The van der Waals surface area contributed by atoms with Crippen LogP contribution in [-0.4, -0.2) is 4.57 Å². The SMILES string of the molecule is CC(C)(C)c1cc(C(C)(C)C)c2c(c1)c(-c1ccccc1)c(N)n2-c1ccccc1. The van der Waals surface area contributed by atoms with Crippen molar-refractivity contribution in [3.05, 3.63) is 83.9 Å². The summed E-state index contributed by atoms with van der Waals surface area (Å²) in [6, 6.07) is 25.7. The number of hydrogen-bond acceptors (Lipinski definition) is 1. The number of fused-ring (bicyclic) bond motifs is 1. The van der Waals surface area contributed by atoms with Crippen LogP contribution in [0.25, 0.3) is 27.7 Å². The van der Waals surface area contributed by atoms with Crippen molar-refractivity contribution >= 4 is 16.7 Å². The van der Waals surface area contributed by atoms with Crippen molar-refractivity contribution in [1.29, 1.82) is 0 Å². The Hall–Kier alpha value is -3.00. The van der Waals surface area contributed by atoms with Gasteiger partial charge in [-0.3, -0.25) is 4.57 Å². The predicted molar refractivity (Wildman–Crippen MR) is 131 cm³/mol. The number of rotatable bonds is 2. The van der Waals surface area contributed by atoms with E-state index in [-0.39, 0.29) is 10.8 Å². The van der Waals surface area contributed by atoms with Crippen LogP contribution in [0.15, 0.2) is 72.8 Å². The van der Waals surface area contributed by atoms with Gasteiger partial charge in [-0.15, -0.1) is 0 Å². The van der Waals surface area contributed by atoms with Gasteiger partial charge in [-0.1, -0.05) is 96.1 Å². The highest BCUT2D eigenvalue weighted by molar-refractivity contribution is 6.05. The molecule has 0 aliphatic heterocycles. The van der Waals surface area contributed by atoms with Crippen LogP contribution in [-0.2, 0) is 10.8 Å². The highest BCUT2D eigenvalue weighted by Crippen LogP contribution is 2.44. The number of hydrogen-bond donors (Lipinski definition) is 1. The lowest BCUT2D eigenvalue weighted by atomic mass is 9.79. The molecule has 4 aromatic rings. The zero-order valence-corrected chi connectivity index (χ0v) is 19.0. The van der Waals surface area contributed by atoms with Crippen molar-refractivity contribution in [3.63, 3.8) is 0 Å². The van der Waals surface area contributed by atoms with Crippen molar-refractivity contribution in [2.24, 2.45) is 0 Å². The molecule has 0 aliphatic rings. The van der Waals surface area contributed by atoms with E-state index in [0.29, 0.717) is 0 Å². The Balaban J connectivity index is 2.23. The second-order valence-corrected chi connectivity index (χ2v) is 10.2. The lowest BCUT2D eigenvalue weighted by molar-refractivity contribution is 0.572. The maximum Gasteiger partial charge on any atom is 0.117 e. The Bertz CT molecular complexity index is 1190. The molecule has 0 atom stereocenters. The number of anilines is 1. The van der Waals surface area contributed by atoms with E-state index < -0.39 is 0 Å². The lowest BCUT2D eigenvalue weighted by Crippen LogP contribution is -2.17. The monoisotopic (exact) mass is 396 g/mol. The van der Waals surface area contributed by atoms with Crippen molar-refractivity contribution in [1.82, 2.24) is 4.57 Å². The van der Waals surface area contributed by atoms with Gasteiger partial charge in [-0.05, 0) is 45.7 Å². The van der Waals surface area contributed by atoms with Gasteiger partial charge in [0.15, 0.2) is 0 Å². The molecular weight excluding hydrogens is 364 g/mol. The molecule has 0 amide bonds. The van der Waals surface area contributed by atoms with Gasteiger partial charge in [0.2, 0.25) is 0 Å². The zero-order valence-electron chi connectivity index (χ0n) is 19.0. The van der Waals surface area contributed by atoms with E-state index in [0.717, 1.165) is 22.6 Å². The van der Waals surface area contributed by atoms with E-state index in [1.54, 1.807) is 0 Å². The third-order valence-corrected chi connectivity index (χ3v) is 5.85. The molecule has 2 heteroatoms. The minimum Gasteiger partial charge on any atom is -0.384 e. The van der Waals surface area contributed by atoms with E-state index in [9.17, 15) is 0 Å². The van der Waals surface area contributed by atoms with Gasteiger partial charge in [0.05, 0.1) is 5.52 Å². The van der Waals surface area contributed by atoms with Gasteiger partial charge in [0, 0.05) is 16.6 Å². The van der Waals surface area contributed by atoms with Gasteiger partial charge in [0.25, 0.3) is 0 Å². The van der Waals surface area contributed by atoms with Crippen LogP contribution in [0.5, 0.6) is 0 Å². The highest BCUT2D eigenvalue weighted by Gasteiger charge is 2.28. The zero-order chi connectivity index (χ0) is 21.7. The standard InChI is InChI=1S/C28H32N2/c1-27(2,3)20-17-22-24(19-13-9-7-10-14-19)26(29)30(21-15-11-8-12-16-21)25(22)23(18-20)28(4,5)6/h7-18H,29H2,1-6H3. The summed E-state index contributed by atoms with van der Waals surface area (Å²) in [7, 11) is 0. The first-order valence-electron chi connectivity index (χ1n) is 10.7. The topological polar surface area (TPSA) is 30.9 Å². The van der Waals surface area contributed by atoms with Crippen LogP contribution in [0.1, 0.15) is 52.7 Å². The molecule has 154 valence electrons. The first-order valence-corrected chi connectivity index (χ1v) is 10.7. The molecule has 2 nitrogen and oxygen atoms in total. The van der Waals surface area contributed by atoms with Crippen LogP contribution >= 0.6 is 0 Å². The van der Waals surface area contributed by atoms with E-state index in [2.05, 4.69) is 113 Å². The molecule has 0 unspecified atom stereocenters. The van der Waals surface area contributed by atoms with E-state index in [1.165, 1.54) is 22.0 Å². The molecule has 0 saturated carbocycles. The molecule has 0 radical (unpaired) electrons. The Morgan fingerprint density at radius 2 is 1.27 bits per heavy atom. The first-order chi connectivity index (χ1) is 14.1. The smallest absolute Gasteiger partial charge is 0.117 e. The summed E-state index contributed by atoms with van der Waals surface area (Å²) in [5.74, 6) is 0.791. The van der Waals surface area contributed by atoms with Gasteiger partial charge in [-0.2, -0.15) is 0 Å². The van der Waals surface area contributed by atoms with E-state index in [4.69, 9.17) is 5.73 Å². The van der Waals surface area contributed by atoms with Gasteiger partial charge >= 0.3 is 0 Å². The summed E-state index contributed by atoms with van der Waals surface area (Å²) in [5, 5.41) is 1.22. The lowest BCUT2D eigenvalue weighted by Gasteiger charge is -2.27. The number of nitrogen functional groups attached to an aromatic ring is 1. The van der Waals surface area contributed by atoms with Crippen LogP contribution in [0.2, 0.25) is 0 Å². The summed E-state index contributed by atoms with van der Waals surface area (Å²) < 4.78 is 2.24. The summed E-state index contributed by atoms with van der Waals surface area (Å²) in [6.07, 6.45) is 0.